The Kier molecular flexibility index (Phi) is 2.78. The van der Waals surface area contributed by atoms with Crippen LogP contribution in [0.5, 0.6) is 17.2 Å². The minimum absolute atomic E-state index is 0.492. The first-order chi connectivity index (χ1) is 8.38. The third-order valence-corrected chi connectivity index (χ3v) is 2.59. The molecule has 2 unspecified atom stereocenters. The average molecular weight is 238 g/mol. The van der Waals surface area contributed by atoms with Crippen molar-refractivity contribution in [3.8, 4) is 17.2 Å². The molecule has 0 saturated carbocycles. The molecule has 2 aliphatic heterocycles. The lowest BCUT2D eigenvalue weighted by Crippen LogP contribution is -2.47. The molecule has 2 aliphatic rings. The van der Waals surface area contributed by atoms with Crippen LogP contribution < -0.4 is 14.2 Å². The van der Waals surface area contributed by atoms with E-state index in [1.165, 1.54) is 0 Å². The fourth-order valence-electron chi connectivity index (χ4n) is 1.88. The number of ether oxygens (including phenoxy) is 5. The first kappa shape index (κ1) is 10.7. The van der Waals surface area contributed by atoms with Crippen LogP contribution in [0.2, 0.25) is 0 Å². The maximum atomic E-state index is 5.72. The topological polar surface area (TPSA) is 46.2 Å². The second kappa shape index (κ2) is 4.43. The Hall–Kier alpha value is -1.46. The fraction of sp³-hybridized carbons (Fsp3) is 0.500. The van der Waals surface area contributed by atoms with Crippen LogP contribution in [-0.2, 0) is 9.47 Å². The highest BCUT2D eigenvalue weighted by Crippen LogP contribution is 2.42. The molecular formula is C12H14O5. The van der Waals surface area contributed by atoms with E-state index in [2.05, 4.69) is 0 Å². The number of rotatable bonds is 2. The molecule has 3 rings (SSSR count). The Morgan fingerprint density at radius 2 is 1.94 bits per heavy atom. The molecule has 5 heteroatoms. The summed E-state index contributed by atoms with van der Waals surface area (Å²) in [7, 11) is 0. The molecule has 0 aromatic heterocycles. The summed E-state index contributed by atoms with van der Waals surface area (Å²) in [5.74, 6) is 1.88. The average Bonchev–Trinajstić information content (AvgIpc) is 2.37. The Morgan fingerprint density at radius 1 is 1.18 bits per heavy atom. The van der Waals surface area contributed by atoms with Gasteiger partial charge in [-0.1, -0.05) is 6.07 Å². The van der Waals surface area contributed by atoms with Crippen molar-refractivity contribution in [3.05, 3.63) is 18.2 Å². The number of hydrogen-bond acceptors (Lipinski definition) is 5. The van der Waals surface area contributed by atoms with Crippen molar-refractivity contribution in [1.29, 1.82) is 0 Å². The van der Waals surface area contributed by atoms with E-state index in [4.69, 9.17) is 23.7 Å². The van der Waals surface area contributed by atoms with E-state index in [-0.39, 0.29) is 0 Å². The van der Waals surface area contributed by atoms with E-state index in [9.17, 15) is 0 Å². The maximum absolute atomic E-state index is 5.72. The zero-order chi connectivity index (χ0) is 11.7. The smallest absolute Gasteiger partial charge is 0.263 e. The van der Waals surface area contributed by atoms with Gasteiger partial charge in [0.05, 0.1) is 19.8 Å². The van der Waals surface area contributed by atoms with Gasteiger partial charge in [0.1, 0.15) is 0 Å². The van der Waals surface area contributed by atoms with Gasteiger partial charge in [0.15, 0.2) is 11.5 Å². The van der Waals surface area contributed by atoms with E-state index in [0.717, 1.165) is 0 Å². The summed E-state index contributed by atoms with van der Waals surface area (Å²) >= 11 is 0. The summed E-state index contributed by atoms with van der Waals surface area (Å²) in [5.41, 5.74) is 0. The van der Waals surface area contributed by atoms with Gasteiger partial charge in [-0.15, -0.1) is 0 Å². The van der Waals surface area contributed by atoms with Crippen LogP contribution in [0.1, 0.15) is 6.92 Å². The Balaban J connectivity index is 1.91. The monoisotopic (exact) mass is 238 g/mol. The number of fused-ring (bicyclic) bond motifs is 2. The molecule has 5 nitrogen and oxygen atoms in total. The lowest BCUT2D eigenvalue weighted by Gasteiger charge is -2.36. The molecule has 1 aromatic carbocycles. The predicted molar refractivity (Wildman–Crippen MR) is 58.3 cm³/mol. The Morgan fingerprint density at radius 3 is 2.71 bits per heavy atom. The third-order valence-electron chi connectivity index (χ3n) is 2.59. The van der Waals surface area contributed by atoms with Crippen LogP contribution >= 0.6 is 0 Å². The summed E-state index contributed by atoms with van der Waals surface area (Å²) in [6, 6.07) is 5.53. The van der Waals surface area contributed by atoms with Crippen LogP contribution in [0, 0.1) is 0 Å². The molecule has 1 fully saturated rings. The summed E-state index contributed by atoms with van der Waals surface area (Å²) in [6.07, 6.45) is -1.01. The normalized spacial score (nSPS) is 26.2. The van der Waals surface area contributed by atoms with Crippen molar-refractivity contribution in [3.63, 3.8) is 0 Å². The van der Waals surface area contributed by atoms with Crippen molar-refractivity contribution in [2.75, 3.05) is 19.8 Å². The molecule has 17 heavy (non-hydrogen) atoms. The largest absolute Gasteiger partial charge is 0.490 e. The van der Waals surface area contributed by atoms with Gasteiger partial charge in [-0.2, -0.15) is 0 Å². The van der Waals surface area contributed by atoms with Crippen LogP contribution in [0.4, 0.5) is 0 Å². The van der Waals surface area contributed by atoms with Crippen LogP contribution in [0.15, 0.2) is 18.2 Å². The molecule has 1 aromatic rings. The van der Waals surface area contributed by atoms with Crippen LogP contribution in [-0.4, -0.2) is 32.4 Å². The number of hydrogen-bond donors (Lipinski definition) is 0. The van der Waals surface area contributed by atoms with Crippen molar-refractivity contribution >= 4 is 0 Å². The zero-order valence-corrected chi connectivity index (χ0v) is 9.55. The van der Waals surface area contributed by atoms with E-state index < -0.39 is 12.6 Å². The van der Waals surface area contributed by atoms with Crippen LogP contribution in [0.3, 0.4) is 0 Å². The van der Waals surface area contributed by atoms with Crippen molar-refractivity contribution in [1.82, 2.24) is 0 Å². The molecule has 0 spiro atoms. The summed E-state index contributed by atoms with van der Waals surface area (Å²) in [6.45, 7) is 3.53. The fourth-order valence-corrected chi connectivity index (χ4v) is 1.88. The minimum Gasteiger partial charge on any atom is -0.490 e. The van der Waals surface area contributed by atoms with Gasteiger partial charge in [-0.3, -0.25) is 0 Å². The van der Waals surface area contributed by atoms with E-state index >= 15 is 0 Å². The quantitative estimate of drug-likeness (QED) is 0.782. The molecule has 0 N–H and O–H groups in total. The molecule has 92 valence electrons. The lowest BCUT2D eigenvalue weighted by molar-refractivity contribution is -0.282. The molecule has 0 radical (unpaired) electrons. The van der Waals surface area contributed by atoms with Crippen molar-refractivity contribution in [2.45, 2.75) is 19.5 Å². The Bertz CT molecular complexity index is 406. The maximum Gasteiger partial charge on any atom is 0.263 e. The zero-order valence-electron chi connectivity index (χ0n) is 9.55. The molecule has 2 heterocycles. The Labute approximate surface area is 99.2 Å². The molecule has 1 saturated heterocycles. The number of benzene rings is 1. The van der Waals surface area contributed by atoms with Crippen molar-refractivity contribution < 1.29 is 23.7 Å². The molecule has 2 atom stereocenters. The SMILES string of the molecule is CCOc1cccc2c1OC1OCCOC1O2. The second-order valence-corrected chi connectivity index (χ2v) is 3.73. The highest BCUT2D eigenvalue weighted by molar-refractivity contribution is 5.52. The van der Waals surface area contributed by atoms with Gasteiger partial charge >= 0.3 is 0 Å². The minimum atomic E-state index is -0.516. The molecule has 0 bridgehead atoms. The predicted octanol–water partition coefficient (Wildman–Crippen LogP) is 1.56. The van der Waals surface area contributed by atoms with Gasteiger partial charge in [-0.25, -0.2) is 0 Å². The summed E-state index contributed by atoms with van der Waals surface area (Å²) < 4.78 is 27.7. The standard InChI is InChI=1S/C12H14O5/c1-2-13-8-4-3-5-9-10(8)17-12-11(16-9)14-6-7-15-12/h3-5,11-12H,2,6-7H2,1H3. The van der Waals surface area contributed by atoms with Gasteiger partial charge in [0.25, 0.3) is 12.6 Å². The molecule has 0 aliphatic carbocycles. The summed E-state index contributed by atoms with van der Waals surface area (Å²) in [4.78, 5) is 0. The van der Waals surface area contributed by atoms with Gasteiger partial charge in [0, 0.05) is 0 Å². The number of para-hydroxylation sites is 1. The van der Waals surface area contributed by atoms with E-state index in [1.807, 2.05) is 25.1 Å². The highest BCUT2D eigenvalue weighted by atomic mass is 16.8. The van der Waals surface area contributed by atoms with Crippen LogP contribution in [0.25, 0.3) is 0 Å². The lowest BCUT2D eigenvalue weighted by atomic mass is 10.2. The highest BCUT2D eigenvalue weighted by Gasteiger charge is 2.37. The molecular weight excluding hydrogens is 224 g/mol. The van der Waals surface area contributed by atoms with Gasteiger partial charge in [0.2, 0.25) is 5.75 Å². The first-order valence-corrected chi connectivity index (χ1v) is 5.71. The van der Waals surface area contributed by atoms with Gasteiger partial charge in [-0.05, 0) is 19.1 Å². The van der Waals surface area contributed by atoms with E-state index in [1.54, 1.807) is 0 Å². The summed E-state index contributed by atoms with van der Waals surface area (Å²) in [5, 5.41) is 0. The van der Waals surface area contributed by atoms with Crippen molar-refractivity contribution in [2.24, 2.45) is 0 Å². The molecule has 0 amide bonds. The van der Waals surface area contributed by atoms with Gasteiger partial charge < -0.3 is 23.7 Å². The third kappa shape index (κ3) is 1.92. The second-order valence-electron chi connectivity index (χ2n) is 3.73. The van der Waals surface area contributed by atoms with E-state index in [0.29, 0.717) is 37.1 Å². The first-order valence-electron chi connectivity index (χ1n) is 5.71.